The van der Waals surface area contributed by atoms with E-state index in [0.717, 1.165) is 5.56 Å². The Morgan fingerprint density at radius 3 is 2.08 bits per heavy atom. The van der Waals surface area contributed by atoms with E-state index in [1.165, 1.54) is 0 Å². The third kappa shape index (κ3) is 3.67. The van der Waals surface area contributed by atoms with Gasteiger partial charge in [0.1, 0.15) is 0 Å². The van der Waals surface area contributed by atoms with Gasteiger partial charge >= 0.3 is 0 Å². The van der Waals surface area contributed by atoms with Crippen molar-refractivity contribution >= 4 is 5.91 Å². The second-order valence-corrected chi connectivity index (χ2v) is 6.20. The van der Waals surface area contributed by atoms with E-state index in [0.29, 0.717) is 56.4 Å². The number of hydrogen-bond acceptors (Lipinski definition) is 6. The van der Waals surface area contributed by atoms with Gasteiger partial charge in [-0.1, -0.05) is 0 Å². The van der Waals surface area contributed by atoms with Gasteiger partial charge < -0.3 is 28.6 Å². The molecule has 0 radical (unpaired) electrons. The minimum absolute atomic E-state index is 0.0714. The van der Waals surface area contributed by atoms with Crippen LogP contribution in [0.5, 0.6) is 17.2 Å². The third-order valence-electron chi connectivity index (χ3n) is 4.77. The Kier molecular flexibility index (Phi) is 5.34. The molecule has 2 heterocycles. The van der Waals surface area contributed by atoms with Gasteiger partial charge in [0.2, 0.25) is 11.7 Å². The van der Waals surface area contributed by atoms with Gasteiger partial charge in [-0.15, -0.1) is 0 Å². The predicted octanol–water partition coefficient (Wildman–Crippen LogP) is 1.62. The molecule has 2 fully saturated rings. The molecule has 0 aromatic heterocycles. The molecule has 138 valence electrons. The lowest BCUT2D eigenvalue weighted by Gasteiger charge is -2.37. The first kappa shape index (κ1) is 17.8. The van der Waals surface area contributed by atoms with Gasteiger partial charge in [-0.05, 0) is 17.7 Å². The standard InChI is InChI=1S/C18H25NO6/c1-21-14-10-13(11-15(22-2)17(14)23-3)12-16(20)19-6-4-18(5-7-19)24-8-9-25-18/h10-11H,4-9,12H2,1-3H3. The molecule has 2 aliphatic heterocycles. The van der Waals surface area contributed by atoms with Gasteiger partial charge in [0.25, 0.3) is 0 Å². The molecule has 0 saturated carbocycles. The van der Waals surface area contributed by atoms with E-state index >= 15 is 0 Å². The summed E-state index contributed by atoms with van der Waals surface area (Å²) in [5.74, 6) is 1.23. The van der Waals surface area contributed by atoms with Crippen LogP contribution in [0, 0.1) is 0 Å². The molecule has 2 aliphatic rings. The molecule has 1 amide bonds. The Bertz CT molecular complexity index is 591. The molecule has 2 saturated heterocycles. The van der Waals surface area contributed by atoms with Crippen LogP contribution < -0.4 is 14.2 Å². The van der Waals surface area contributed by atoms with Crippen molar-refractivity contribution in [2.45, 2.75) is 25.0 Å². The summed E-state index contributed by atoms with van der Waals surface area (Å²) < 4.78 is 27.4. The van der Waals surface area contributed by atoms with Crippen LogP contribution in [0.25, 0.3) is 0 Å². The number of amides is 1. The van der Waals surface area contributed by atoms with E-state index in [2.05, 4.69) is 0 Å². The number of ether oxygens (including phenoxy) is 5. The van der Waals surface area contributed by atoms with Crippen molar-refractivity contribution in [3.8, 4) is 17.2 Å². The number of piperidine rings is 1. The van der Waals surface area contributed by atoms with E-state index < -0.39 is 5.79 Å². The minimum atomic E-state index is -0.469. The van der Waals surface area contributed by atoms with Gasteiger partial charge in [-0.2, -0.15) is 0 Å². The molecule has 7 nitrogen and oxygen atoms in total. The van der Waals surface area contributed by atoms with Crippen molar-refractivity contribution in [1.82, 2.24) is 4.90 Å². The lowest BCUT2D eigenvalue weighted by Crippen LogP contribution is -2.47. The molecular formula is C18H25NO6. The highest BCUT2D eigenvalue weighted by molar-refractivity contribution is 5.79. The fourth-order valence-corrected chi connectivity index (χ4v) is 3.41. The van der Waals surface area contributed by atoms with Crippen molar-refractivity contribution in [3.63, 3.8) is 0 Å². The number of carbonyl (C=O) groups is 1. The fourth-order valence-electron chi connectivity index (χ4n) is 3.41. The maximum Gasteiger partial charge on any atom is 0.227 e. The van der Waals surface area contributed by atoms with Crippen molar-refractivity contribution in [3.05, 3.63) is 17.7 Å². The van der Waals surface area contributed by atoms with Gasteiger partial charge in [-0.3, -0.25) is 4.79 Å². The SMILES string of the molecule is COc1cc(CC(=O)N2CCC3(CC2)OCCO3)cc(OC)c1OC. The highest BCUT2D eigenvalue weighted by Crippen LogP contribution is 2.38. The smallest absolute Gasteiger partial charge is 0.227 e. The first-order chi connectivity index (χ1) is 12.1. The molecule has 0 atom stereocenters. The molecule has 1 spiro atoms. The molecule has 25 heavy (non-hydrogen) atoms. The van der Waals surface area contributed by atoms with E-state index in [9.17, 15) is 4.79 Å². The summed E-state index contributed by atoms with van der Waals surface area (Å²) in [6.45, 7) is 2.56. The highest BCUT2D eigenvalue weighted by atomic mass is 16.7. The second kappa shape index (κ2) is 7.49. The van der Waals surface area contributed by atoms with Crippen molar-refractivity contribution in [2.24, 2.45) is 0 Å². The average molecular weight is 351 g/mol. The summed E-state index contributed by atoms with van der Waals surface area (Å²) in [7, 11) is 4.69. The van der Waals surface area contributed by atoms with Crippen LogP contribution in [0.1, 0.15) is 18.4 Å². The van der Waals surface area contributed by atoms with Gasteiger partial charge in [0.05, 0.1) is 41.0 Å². The van der Waals surface area contributed by atoms with E-state index in [-0.39, 0.29) is 12.3 Å². The molecule has 3 rings (SSSR count). The first-order valence-electron chi connectivity index (χ1n) is 8.45. The summed E-state index contributed by atoms with van der Waals surface area (Å²) in [5, 5.41) is 0. The topological polar surface area (TPSA) is 66.5 Å². The van der Waals surface area contributed by atoms with E-state index in [1.807, 2.05) is 17.0 Å². The first-order valence-corrected chi connectivity index (χ1v) is 8.45. The van der Waals surface area contributed by atoms with Crippen LogP contribution in [-0.4, -0.2) is 64.2 Å². The Morgan fingerprint density at radius 1 is 1.04 bits per heavy atom. The number of benzene rings is 1. The summed E-state index contributed by atoms with van der Waals surface area (Å²) >= 11 is 0. The number of likely N-dealkylation sites (tertiary alicyclic amines) is 1. The summed E-state index contributed by atoms with van der Waals surface area (Å²) in [4.78, 5) is 14.5. The van der Waals surface area contributed by atoms with Crippen LogP contribution in [0.2, 0.25) is 0 Å². The molecule has 0 N–H and O–H groups in total. The zero-order valence-electron chi connectivity index (χ0n) is 15.0. The summed E-state index contributed by atoms with van der Waals surface area (Å²) in [6.07, 6.45) is 1.72. The molecular weight excluding hydrogens is 326 g/mol. The normalized spacial score (nSPS) is 19.1. The van der Waals surface area contributed by atoms with Crippen molar-refractivity contribution in [2.75, 3.05) is 47.6 Å². The van der Waals surface area contributed by atoms with Crippen LogP contribution >= 0.6 is 0 Å². The number of methoxy groups -OCH3 is 3. The number of nitrogens with zero attached hydrogens (tertiary/aromatic N) is 1. The Labute approximate surface area is 147 Å². The lowest BCUT2D eigenvalue weighted by atomic mass is 10.0. The van der Waals surface area contributed by atoms with Gasteiger partial charge in [0, 0.05) is 25.9 Å². The van der Waals surface area contributed by atoms with Crippen LogP contribution in [0.3, 0.4) is 0 Å². The molecule has 0 aliphatic carbocycles. The van der Waals surface area contributed by atoms with E-state index in [1.54, 1.807) is 21.3 Å². The van der Waals surface area contributed by atoms with Gasteiger partial charge in [0.15, 0.2) is 17.3 Å². The average Bonchev–Trinajstić information content (AvgIpc) is 3.09. The summed E-state index contributed by atoms with van der Waals surface area (Å²) in [5.41, 5.74) is 0.827. The van der Waals surface area contributed by atoms with Gasteiger partial charge in [-0.25, -0.2) is 0 Å². The quantitative estimate of drug-likeness (QED) is 0.803. The molecule has 1 aromatic carbocycles. The monoisotopic (exact) mass is 351 g/mol. The lowest BCUT2D eigenvalue weighted by molar-refractivity contribution is -0.187. The zero-order chi connectivity index (χ0) is 17.9. The summed E-state index contributed by atoms with van der Waals surface area (Å²) in [6, 6.07) is 3.63. The van der Waals surface area contributed by atoms with Crippen LogP contribution in [-0.2, 0) is 20.7 Å². The zero-order valence-corrected chi connectivity index (χ0v) is 15.0. The Morgan fingerprint density at radius 2 is 1.60 bits per heavy atom. The Hall–Kier alpha value is -1.99. The fraction of sp³-hybridized carbons (Fsp3) is 0.611. The number of carbonyl (C=O) groups excluding carboxylic acids is 1. The molecule has 1 aromatic rings. The van der Waals surface area contributed by atoms with Crippen LogP contribution in [0.15, 0.2) is 12.1 Å². The third-order valence-corrected chi connectivity index (χ3v) is 4.77. The highest BCUT2D eigenvalue weighted by Gasteiger charge is 2.40. The largest absolute Gasteiger partial charge is 0.493 e. The maximum absolute atomic E-state index is 12.7. The Balaban J connectivity index is 1.67. The van der Waals surface area contributed by atoms with E-state index in [4.69, 9.17) is 23.7 Å². The number of rotatable bonds is 5. The minimum Gasteiger partial charge on any atom is -0.493 e. The molecule has 0 unspecified atom stereocenters. The molecule has 7 heteroatoms. The maximum atomic E-state index is 12.7. The van der Waals surface area contributed by atoms with Crippen molar-refractivity contribution in [1.29, 1.82) is 0 Å². The van der Waals surface area contributed by atoms with Crippen molar-refractivity contribution < 1.29 is 28.5 Å². The van der Waals surface area contributed by atoms with Crippen LogP contribution in [0.4, 0.5) is 0 Å². The molecule has 0 bridgehead atoms. The number of hydrogen-bond donors (Lipinski definition) is 0. The second-order valence-electron chi connectivity index (χ2n) is 6.20. The predicted molar refractivity (Wildman–Crippen MR) is 90.3 cm³/mol.